The highest BCUT2D eigenvalue weighted by atomic mass is 32.2. The number of fused-ring (bicyclic) bond motifs is 1. The molecule has 0 saturated heterocycles. The first-order chi connectivity index (χ1) is 11.7. The average molecular weight is 344 g/mol. The van der Waals surface area contributed by atoms with Crippen molar-refractivity contribution in [3.05, 3.63) is 47.3 Å². The van der Waals surface area contributed by atoms with E-state index in [1.165, 1.54) is 11.3 Å². The summed E-state index contributed by atoms with van der Waals surface area (Å²) in [5, 5.41) is 7.71. The maximum absolute atomic E-state index is 12.1. The Labute approximate surface area is 147 Å². The number of aromatic nitrogens is 2. The van der Waals surface area contributed by atoms with Crippen molar-refractivity contribution in [3.8, 4) is 5.69 Å². The number of rotatable bonds is 7. The second kappa shape index (κ2) is 7.85. The molecular formula is C18H24N4OS. The second-order valence-corrected chi connectivity index (χ2v) is 7.06. The molecule has 5 nitrogen and oxygen atoms in total. The summed E-state index contributed by atoms with van der Waals surface area (Å²) in [4.78, 5) is 12.1. The zero-order chi connectivity index (χ0) is 16.9. The van der Waals surface area contributed by atoms with Gasteiger partial charge in [-0.25, -0.2) is 4.68 Å². The van der Waals surface area contributed by atoms with Gasteiger partial charge in [0, 0.05) is 5.69 Å². The van der Waals surface area contributed by atoms with Crippen LogP contribution in [0.15, 0.2) is 30.3 Å². The van der Waals surface area contributed by atoms with Gasteiger partial charge in [-0.1, -0.05) is 18.2 Å². The van der Waals surface area contributed by atoms with Crippen LogP contribution in [0, 0.1) is 0 Å². The second-order valence-electron chi connectivity index (χ2n) is 6.08. The molecule has 6 heteroatoms. The van der Waals surface area contributed by atoms with Crippen LogP contribution in [0.25, 0.3) is 5.69 Å². The number of hydrogen-bond acceptors (Lipinski definition) is 4. The van der Waals surface area contributed by atoms with Gasteiger partial charge in [0.1, 0.15) is 0 Å². The Morgan fingerprint density at radius 3 is 2.92 bits per heavy atom. The molecule has 24 heavy (non-hydrogen) atoms. The van der Waals surface area contributed by atoms with Crippen molar-refractivity contribution >= 4 is 17.7 Å². The van der Waals surface area contributed by atoms with Crippen LogP contribution in [0.2, 0.25) is 0 Å². The minimum Gasteiger partial charge on any atom is -0.349 e. The van der Waals surface area contributed by atoms with E-state index in [1.807, 2.05) is 29.1 Å². The first kappa shape index (κ1) is 17.0. The summed E-state index contributed by atoms with van der Waals surface area (Å²) < 4.78 is 2.03. The molecule has 0 aliphatic heterocycles. The van der Waals surface area contributed by atoms with Gasteiger partial charge in [0.25, 0.3) is 0 Å². The minimum absolute atomic E-state index is 0.0925. The topological polar surface area (TPSA) is 72.9 Å². The number of nitrogens with one attached hydrogen (secondary N) is 1. The molecule has 0 spiro atoms. The Morgan fingerprint density at radius 1 is 1.38 bits per heavy atom. The van der Waals surface area contributed by atoms with Crippen LogP contribution >= 0.6 is 11.8 Å². The number of hydrogen-bond donors (Lipinski definition) is 2. The molecule has 3 rings (SSSR count). The lowest BCUT2D eigenvalue weighted by Crippen LogP contribution is -2.40. The molecule has 2 aromatic rings. The normalized spacial score (nSPS) is 14.4. The maximum Gasteiger partial charge on any atom is 0.237 e. The van der Waals surface area contributed by atoms with E-state index in [2.05, 4.69) is 17.4 Å². The van der Waals surface area contributed by atoms with Gasteiger partial charge in [-0.15, -0.1) is 0 Å². The molecule has 1 amide bonds. The number of carbonyl (C=O) groups excluding carboxylic acids is 1. The Hall–Kier alpha value is -1.79. The number of para-hydroxylation sites is 1. The molecule has 0 saturated carbocycles. The van der Waals surface area contributed by atoms with E-state index in [-0.39, 0.29) is 5.91 Å². The minimum atomic E-state index is -0.443. The molecule has 1 unspecified atom stereocenters. The van der Waals surface area contributed by atoms with Crippen molar-refractivity contribution in [1.29, 1.82) is 0 Å². The molecule has 1 aliphatic carbocycles. The fraction of sp³-hybridized carbons (Fsp3) is 0.444. The fourth-order valence-electron chi connectivity index (χ4n) is 3.12. The van der Waals surface area contributed by atoms with Crippen molar-refractivity contribution in [3.63, 3.8) is 0 Å². The van der Waals surface area contributed by atoms with Crippen LogP contribution < -0.4 is 11.1 Å². The van der Waals surface area contributed by atoms with Crippen molar-refractivity contribution in [2.45, 2.75) is 38.3 Å². The number of thioether (sulfide) groups is 1. The molecule has 0 radical (unpaired) electrons. The quantitative estimate of drug-likeness (QED) is 0.806. The van der Waals surface area contributed by atoms with Gasteiger partial charge in [0.15, 0.2) is 0 Å². The summed E-state index contributed by atoms with van der Waals surface area (Å²) in [5.41, 5.74) is 10.5. The third-order valence-electron chi connectivity index (χ3n) is 4.41. The number of carbonyl (C=O) groups is 1. The van der Waals surface area contributed by atoms with Crippen LogP contribution in [0.3, 0.4) is 0 Å². The first-order valence-corrected chi connectivity index (χ1v) is 9.77. The summed E-state index contributed by atoms with van der Waals surface area (Å²) in [6, 6.07) is 9.72. The smallest absolute Gasteiger partial charge is 0.237 e. The Bertz CT molecular complexity index is 699. The monoisotopic (exact) mass is 344 g/mol. The maximum atomic E-state index is 12.1. The molecule has 1 atom stereocenters. The van der Waals surface area contributed by atoms with Gasteiger partial charge in [-0.3, -0.25) is 4.79 Å². The van der Waals surface area contributed by atoms with Gasteiger partial charge < -0.3 is 11.1 Å². The van der Waals surface area contributed by atoms with E-state index in [0.29, 0.717) is 13.0 Å². The van der Waals surface area contributed by atoms with Crippen LogP contribution in [0.4, 0.5) is 0 Å². The zero-order valence-electron chi connectivity index (χ0n) is 14.0. The molecule has 1 heterocycles. The van der Waals surface area contributed by atoms with Gasteiger partial charge >= 0.3 is 0 Å². The Morgan fingerprint density at radius 2 is 2.17 bits per heavy atom. The highest BCUT2D eigenvalue weighted by Crippen LogP contribution is 2.27. The summed E-state index contributed by atoms with van der Waals surface area (Å²) in [5.74, 6) is 0.803. The number of benzene rings is 1. The van der Waals surface area contributed by atoms with Gasteiger partial charge in [-0.2, -0.15) is 16.9 Å². The number of nitrogens with two attached hydrogens (primary N) is 1. The third kappa shape index (κ3) is 3.65. The third-order valence-corrected chi connectivity index (χ3v) is 5.06. The van der Waals surface area contributed by atoms with E-state index >= 15 is 0 Å². The van der Waals surface area contributed by atoms with E-state index in [4.69, 9.17) is 10.8 Å². The van der Waals surface area contributed by atoms with Gasteiger partial charge in [0.2, 0.25) is 5.91 Å². The molecule has 0 bridgehead atoms. The first-order valence-electron chi connectivity index (χ1n) is 8.38. The van der Waals surface area contributed by atoms with E-state index in [0.717, 1.165) is 36.4 Å². The summed E-state index contributed by atoms with van der Waals surface area (Å²) >= 11 is 1.70. The lowest BCUT2D eigenvalue weighted by Gasteiger charge is -2.11. The van der Waals surface area contributed by atoms with E-state index in [9.17, 15) is 4.79 Å². The largest absolute Gasteiger partial charge is 0.349 e. The molecular weight excluding hydrogens is 320 g/mol. The fourth-order valence-corrected chi connectivity index (χ4v) is 3.61. The average Bonchev–Trinajstić information content (AvgIpc) is 3.21. The predicted octanol–water partition coefficient (Wildman–Crippen LogP) is 2.06. The Kier molecular flexibility index (Phi) is 5.58. The zero-order valence-corrected chi connectivity index (χ0v) is 14.8. The van der Waals surface area contributed by atoms with E-state index < -0.39 is 6.04 Å². The van der Waals surface area contributed by atoms with Crippen LogP contribution in [0.1, 0.15) is 29.8 Å². The van der Waals surface area contributed by atoms with Gasteiger partial charge in [0.05, 0.1) is 24.0 Å². The predicted molar refractivity (Wildman–Crippen MR) is 98.4 cm³/mol. The van der Waals surface area contributed by atoms with Crippen molar-refractivity contribution in [2.75, 3.05) is 12.0 Å². The van der Waals surface area contributed by atoms with E-state index in [1.54, 1.807) is 11.8 Å². The van der Waals surface area contributed by atoms with Crippen LogP contribution in [-0.2, 0) is 24.2 Å². The lowest BCUT2D eigenvalue weighted by atomic mass is 10.2. The summed E-state index contributed by atoms with van der Waals surface area (Å²) in [6.07, 6.45) is 5.94. The Balaban J connectivity index is 1.72. The molecule has 0 fully saturated rings. The molecule has 3 N–H and O–H groups in total. The van der Waals surface area contributed by atoms with Crippen LogP contribution in [-0.4, -0.2) is 33.7 Å². The summed E-state index contributed by atoms with van der Waals surface area (Å²) in [6.45, 7) is 0.452. The summed E-state index contributed by atoms with van der Waals surface area (Å²) in [7, 11) is 0. The van der Waals surface area contributed by atoms with Crippen molar-refractivity contribution < 1.29 is 4.79 Å². The highest BCUT2D eigenvalue weighted by molar-refractivity contribution is 7.98. The standard InChI is InChI=1S/C18H24N4OS/c1-24-11-10-15(19)18(23)20-12-16-14-8-5-9-17(14)22(21-16)13-6-3-2-4-7-13/h2-4,6-7,15H,5,8-12,19H2,1H3,(H,20,23). The van der Waals surface area contributed by atoms with Crippen LogP contribution in [0.5, 0.6) is 0 Å². The SMILES string of the molecule is CSCCC(N)C(=O)NCc1nn(-c2ccccc2)c2c1CCC2. The van der Waals surface area contributed by atoms with Crippen molar-refractivity contribution in [1.82, 2.24) is 15.1 Å². The molecule has 1 aliphatic rings. The molecule has 128 valence electrons. The van der Waals surface area contributed by atoms with Crippen molar-refractivity contribution in [2.24, 2.45) is 5.73 Å². The molecule has 1 aromatic carbocycles. The highest BCUT2D eigenvalue weighted by Gasteiger charge is 2.23. The van der Waals surface area contributed by atoms with Gasteiger partial charge in [-0.05, 0) is 55.4 Å². The number of amides is 1. The molecule has 1 aromatic heterocycles. The number of nitrogens with zero attached hydrogens (tertiary/aromatic N) is 2. The lowest BCUT2D eigenvalue weighted by molar-refractivity contribution is -0.122.